The molecule has 1 aromatic heterocycles. The highest BCUT2D eigenvalue weighted by Gasteiger charge is 2.26. The molecule has 0 bridgehead atoms. The summed E-state index contributed by atoms with van der Waals surface area (Å²) in [6.45, 7) is 7.02. The second kappa shape index (κ2) is 4.97. The van der Waals surface area contributed by atoms with Crippen LogP contribution in [0.3, 0.4) is 0 Å². The molecule has 0 radical (unpaired) electrons. The third-order valence-electron chi connectivity index (χ3n) is 3.12. The van der Waals surface area contributed by atoms with Gasteiger partial charge in [-0.1, -0.05) is 13.8 Å². The van der Waals surface area contributed by atoms with Gasteiger partial charge in [-0.15, -0.1) is 0 Å². The van der Waals surface area contributed by atoms with Crippen molar-refractivity contribution >= 4 is 0 Å². The van der Waals surface area contributed by atoms with Crippen LogP contribution in [0.25, 0.3) is 0 Å². The second-order valence-electron chi connectivity index (χ2n) is 5.01. The van der Waals surface area contributed by atoms with Crippen LogP contribution < -0.4 is 5.73 Å². The Labute approximate surface area is 96.8 Å². The molecule has 1 fully saturated rings. The van der Waals surface area contributed by atoms with E-state index in [1.165, 1.54) is 0 Å². The van der Waals surface area contributed by atoms with Crippen molar-refractivity contribution in [2.75, 3.05) is 13.2 Å². The third-order valence-corrected chi connectivity index (χ3v) is 3.12. The number of nitrogens with zero attached hydrogens (tertiary/aromatic N) is 2. The molecule has 16 heavy (non-hydrogen) atoms. The van der Waals surface area contributed by atoms with Gasteiger partial charge in [-0.3, -0.25) is 0 Å². The van der Waals surface area contributed by atoms with Crippen molar-refractivity contribution < 1.29 is 4.74 Å². The average molecular weight is 223 g/mol. The van der Waals surface area contributed by atoms with Gasteiger partial charge in [-0.2, -0.15) is 0 Å². The van der Waals surface area contributed by atoms with Crippen LogP contribution in [0, 0.1) is 11.8 Å². The van der Waals surface area contributed by atoms with Crippen molar-refractivity contribution in [1.29, 1.82) is 0 Å². The van der Waals surface area contributed by atoms with Gasteiger partial charge in [0, 0.05) is 25.3 Å². The molecule has 0 aromatic carbocycles. The molecule has 4 heteroatoms. The third kappa shape index (κ3) is 2.44. The number of nitrogens with two attached hydrogens (primary N) is 1. The minimum absolute atomic E-state index is 0.0590. The molecule has 1 aliphatic rings. The van der Waals surface area contributed by atoms with Gasteiger partial charge < -0.3 is 15.0 Å². The van der Waals surface area contributed by atoms with E-state index in [9.17, 15) is 0 Å². The zero-order valence-electron chi connectivity index (χ0n) is 10.1. The average Bonchev–Trinajstić information content (AvgIpc) is 2.84. The highest BCUT2D eigenvalue weighted by molar-refractivity contribution is 5.07. The monoisotopic (exact) mass is 223 g/mol. The molecule has 0 aliphatic carbocycles. The van der Waals surface area contributed by atoms with Crippen molar-refractivity contribution in [1.82, 2.24) is 9.55 Å². The fraction of sp³-hybridized carbons (Fsp3) is 0.750. The molecule has 2 N–H and O–H groups in total. The second-order valence-corrected chi connectivity index (χ2v) is 5.01. The van der Waals surface area contributed by atoms with Crippen LogP contribution in [0.1, 0.15) is 32.0 Å². The summed E-state index contributed by atoms with van der Waals surface area (Å²) in [5.41, 5.74) is 7.42. The van der Waals surface area contributed by atoms with Crippen molar-refractivity contribution in [2.24, 2.45) is 17.6 Å². The lowest BCUT2D eigenvalue weighted by atomic mass is 9.97. The van der Waals surface area contributed by atoms with Gasteiger partial charge in [-0.25, -0.2) is 4.98 Å². The van der Waals surface area contributed by atoms with Gasteiger partial charge in [0.05, 0.1) is 24.7 Å². The van der Waals surface area contributed by atoms with E-state index in [0.29, 0.717) is 11.8 Å². The number of hydrogen-bond acceptors (Lipinski definition) is 3. The first kappa shape index (κ1) is 11.6. The Kier molecular flexibility index (Phi) is 3.61. The lowest BCUT2D eigenvalue weighted by Crippen LogP contribution is -2.25. The molecular formula is C12H21N3O. The molecule has 1 saturated heterocycles. The SMILES string of the molecule is CC(C)Cn1cncc1C(N)C1CCOC1. The number of hydrogen-bond donors (Lipinski definition) is 1. The van der Waals surface area contributed by atoms with E-state index in [2.05, 4.69) is 23.4 Å². The lowest BCUT2D eigenvalue weighted by Gasteiger charge is -2.20. The largest absolute Gasteiger partial charge is 0.381 e. The summed E-state index contributed by atoms with van der Waals surface area (Å²) in [5, 5.41) is 0. The van der Waals surface area contributed by atoms with Crippen molar-refractivity contribution in [3.05, 3.63) is 18.2 Å². The van der Waals surface area contributed by atoms with E-state index in [-0.39, 0.29) is 6.04 Å². The van der Waals surface area contributed by atoms with Crippen LogP contribution in [0.5, 0.6) is 0 Å². The first-order valence-electron chi connectivity index (χ1n) is 6.02. The van der Waals surface area contributed by atoms with Gasteiger partial charge >= 0.3 is 0 Å². The van der Waals surface area contributed by atoms with Gasteiger partial charge in [-0.05, 0) is 12.3 Å². The highest BCUT2D eigenvalue weighted by Crippen LogP contribution is 2.26. The Bertz CT molecular complexity index is 329. The standard InChI is InChI=1S/C12H21N3O/c1-9(2)6-15-8-14-5-11(15)12(13)10-3-4-16-7-10/h5,8-10,12H,3-4,6-7,13H2,1-2H3. The van der Waals surface area contributed by atoms with Gasteiger partial charge in [0.15, 0.2) is 0 Å². The van der Waals surface area contributed by atoms with Crippen LogP contribution in [-0.4, -0.2) is 22.8 Å². The molecule has 2 rings (SSSR count). The van der Waals surface area contributed by atoms with Crippen LogP contribution in [0.2, 0.25) is 0 Å². The number of ether oxygens (including phenoxy) is 1. The van der Waals surface area contributed by atoms with Gasteiger partial charge in [0.2, 0.25) is 0 Å². The molecule has 4 nitrogen and oxygen atoms in total. The van der Waals surface area contributed by atoms with E-state index >= 15 is 0 Å². The van der Waals surface area contributed by atoms with E-state index in [4.69, 9.17) is 10.5 Å². The zero-order chi connectivity index (χ0) is 11.5. The molecular weight excluding hydrogens is 202 g/mol. The van der Waals surface area contributed by atoms with Crippen molar-refractivity contribution in [3.8, 4) is 0 Å². The quantitative estimate of drug-likeness (QED) is 0.843. The topological polar surface area (TPSA) is 53.1 Å². The maximum atomic E-state index is 6.28. The maximum Gasteiger partial charge on any atom is 0.0948 e. The van der Waals surface area contributed by atoms with Crippen LogP contribution in [0.15, 0.2) is 12.5 Å². The Morgan fingerprint density at radius 2 is 2.44 bits per heavy atom. The van der Waals surface area contributed by atoms with Gasteiger partial charge in [0.25, 0.3) is 0 Å². The molecule has 0 spiro atoms. The normalized spacial score (nSPS) is 22.9. The van der Waals surface area contributed by atoms with Crippen LogP contribution in [0.4, 0.5) is 0 Å². The van der Waals surface area contributed by atoms with Crippen LogP contribution in [-0.2, 0) is 11.3 Å². The summed E-state index contributed by atoms with van der Waals surface area (Å²) in [7, 11) is 0. The lowest BCUT2D eigenvalue weighted by molar-refractivity contribution is 0.180. The number of imidazole rings is 1. The fourth-order valence-electron chi connectivity index (χ4n) is 2.23. The number of aromatic nitrogens is 2. The molecule has 0 saturated carbocycles. The fourth-order valence-corrected chi connectivity index (χ4v) is 2.23. The molecule has 0 amide bonds. The maximum absolute atomic E-state index is 6.28. The predicted octanol–water partition coefficient (Wildman–Crippen LogP) is 1.58. The molecule has 2 unspecified atom stereocenters. The van der Waals surface area contributed by atoms with Gasteiger partial charge in [0.1, 0.15) is 0 Å². The Balaban J connectivity index is 2.09. The summed E-state index contributed by atoms with van der Waals surface area (Å²) >= 11 is 0. The van der Waals surface area contributed by atoms with E-state index in [0.717, 1.165) is 31.9 Å². The summed E-state index contributed by atoms with van der Waals surface area (Å²) in [6.07, 6.45) is 4.84. The van der Waals surface area contributed by atoms with E-state index < -0.39 is 0 Å². The molecule has 1 aliphatic heterocycles. The van der Waals surface area contributed by atoms with Crippen molar-refractivity contribution in [2.45, 2.75) is 32.9 Å². The summed E-state index contributed by atoms with van der Waals surface area (Å²) in [6, 6.07) is 0.0590. The summed E-state index contributed by atoms with van der Waals surface area (Å²) in [5.74, 6) is 1.06. The van der Waals surface area contributed by atoms with E-state index in [1.807, 2.05) is 12.5 Å². The van der Waals surface area contributed by atoms with Crippen LogP contribution >= 0.6 is 0 Å². The summed E-state index contributed by atoms with van der Waals surface area (Å²) < 4.78 is 7.56. The first-order valence-corrected chi connectivity index (χ1v) is 6.02. The Morgan fingerprint density at radius 3 is 3.06 bits per heavy atom. The van der Waals surface area contributed by atoms with Crippen molar-refractivity contribution in [3.63, 3.8) is 0 Å². The minimum Gasteiger partial charge on any atom is -0.381 e. The number of rotatable bonds is 4. The molecule has 90 valence electrons. The smallest absolute Gasteiger partial charge is 0.0948 e. The molecule has 2 heterocycles. The first-order chi connectivity index (χ1) is 7.68. The van der Waals surface area contributed by atoms with E-state index in [1.54, 1.807) is 0 Å². The molecule has 1 aromatic rings. The predicted molar refractivity (Wildman–Crippen MR) is 62.9 cm³/mol. The zero-order valence-corrected chi connectivity index (χ0v) is 10.1. The Hall–Kier alpha value is -0.870. The molecule has 2 atom stereocenters. The Morgan fingerprint density at radius 1 is 1.62 bits per heavy atom. The highest BCUT2D eigenvalue weighted by atomic mass is 16.5. The minimum atomic E-state index is 0.0590. The summed E-state index contributed by atoms with van der Waals surface area (Å²) in [4.78, 5) is 4.21.